The average molecular weight is 334 g/mol. The zero-order valence-electron chi connectivity index (χ0n) is 13.1. The van der Waals surface area contributed by atoms with Crippen LogP contribution in [0.5, 0.6) is 0 Å². The third kappa shape index (κ3) is 10.1. The summed E-state index contributed by atoms with van der Waals surface area (Å²) in [7, 11) is 0. The number of carbonyl (C=O) groups excluding carboxylic acids is 1. The Morgan fingerprint density at radius 2 is 1.43 bits per heavy atom. The van der Waals surface area contributed by atoms with E-state index in [0.717, 1.165) is 0 Å². The second-order valence-corrected chi connectivity index (χ2v) is 4.92. The first-order valence-corrected chi connectivity index (χ1v) is 6.88. The summed E-state index contributed by atoms with van der Waals surface area (Å²) in [6.45, 7) is 3.65. The molecule has 134 valence electrons. The summed E-state index contributed by atoms with van der Waals surface area (Å²) in [6, 6.07) is 10.5. The molecule has 8 nitrogen and oxygen atoms in total. The molecule has 1 aromatic carbocycles. The number of aliphatic hydroxyl groups is 5. The monoisotopic (exact) mass is 334 g/mol. The lowest BCUT2D eigenvalue weighted by atomic mass is 10.0. The highest BCUT2D eigenvalue weighted by Crippen LogP contribution is 2.11. The molecule has 0 aromatic heterocycles. The minimum Gasteiger partial charge on any atom is -0.394 e. The molecule has 0 heterocycles. The van der Waals surface area contributed by atoms with Gasteiger partial charge in [-0.15, -0.1) is 0 Å². The van der Waals surface area contributed by atoms with Gasteiger partial charge in [0.15, 0.2) is 6.29 Å². The maximum absolute atomic E-state index is 9.90. The molecule has 1 aromatic rings. The van der Waals surface area contributed by atoms with Crippen LogP contribution in [0.25, 0.3) is 0 Å². The zero-order chi connectivity index (χ0) is 18.4. The van der Waals surface area contributed by atoms with Crippen LogP contribution in [-0.4, -0.2) is 73.4 Å². The Hall–Kier alpha value is -1.39. The van der Waals surface area contributed by atoms with Gasteiger partial charge in [0.25, 0.3) is 0 Å². The molecule has 0 bridgehead atoms. The quantitative estimate of drug-likeness (QED) is 0.207. The minimum absolute atomic E-state index is 0.0258. The summed E-state index contributed by atoms with van der Waals surface area (Å²) in [5, 5.41) is 55.5. The van der Waals surface area contributed by atoms with Crippen molar-refractivity contribution in [1.82, 2.24) is 0 Å². The van der Waals surface area contributed by atoms with Crippen LogP contribution in [0.1, 0.15) is 25.3 Å². The summed E-state index contributed by atoms with van der Waals surface area (Å²) in [4.78, 5) is 9.90. The Morgan fingerprint density at radius 3 is 1.74 bits per heavy atom. The van der Waals surface area contributed by atoms with E-state index in [1.807, 2.05) is 6.07 Å². The maximum Gasteiger partial charge on any atom is 0.151 e. The van der Waals surface area contributed by atoms with Gasteiger partial charge in [-0.25, -0.2) is 0 Å². The fourth-order valence-corrected chi connectivity index (χ4v) is 1.46. The first-order valence-electron chi connectivity index (χ1n) is 6.88. The van der Waals surface area contributed by atoms with Crippen molar-refractivity contribution in [3.63, 3.8) is 0 Å². The van der Waals surface area contributed by atoms with Crippen molar-refractivity contribution < 1.29 is 40.8 Å². The van der Waals surface area contributed by atoms with E-state index < -0.39 is 31.0 Å². The molecule has 0 fully saturated rings. The summed E-state index contributed by atoms with van der Waals surface area (Å²) in [5.74, 6) is 0.659. The topological polar surface area (TPSA) is 159 Å². The van der Waals surface area contributed by atoms with Crippen LogP contribution in [0, 0.1) is 0 Å². The van der Waals surface area contributed by atoms with Gasteiger partial charge in [0.05, 0.1) is 6.61 Å². The van der Waals surface area contributed by atoms with Crippen molar-refractivity contribution >= 4 is 6.29 Å². The van der Waals surface area contributed by atoms with Crippen molar-refractivity contribution in [1.29, 1.82) is 0 Å². The van der Waals surface area contributed by atoms with Crippen molar-refractivity contribution in [3.8, 4) is 0 Å². The van der Waals surface area contributed by atoms with Crippen LogP contribution < -0.4 is 0 Å². The van der Waals surface area contributed by atoms with E-state index in [1.54, 1.807) is 0 Å². The smallest absolute Gasteiger partial charge is 0.151 e. The molecule has 8 heteroatoms. The Labute approximate surface area is 134 Å². The number of rotatable bonds is 6. The Balaban J connectivity index is 0. The van der Waals surface area contributed by atoms with E-state index in [4.69, 9.17) is 36.0 Å². The molecule has 0 spiro atoms. The molecule has 0 saturated heterocycles. The van der Waals surface area contributed by atoms with Gasteiger partial charge < -0.3 is 30.3 Å². The van der Waals surface area contributed by atoms with Crippen molar-refractivity contribution in [2.45, 2.75) is 44.2 Å². The molecule has 0 saturated carbocycles. The zero-order valence-corrected chi connectivity index (χ0v) is 13.1. The molecule has 1 rings (SSSR count). The van der Waals surface area contributed by atoms with Gasteiger partial charge in [-0.05, 0) is 11.5 Å². The normalized spacial score (nSPS) is 15.2. The SMILES string of the molecule is CC(C)c1ccccc1.O=C[C@H](O)[C@@H](O)[C@H](O)[C@H](O)CO.OO. The van der Waals surface area contributed by atoms with Crippen molar-refractivity contribution in [2.24, 2.45) is 0 Å². The molecule has 0 aliphatic carbocycles. The second kappa shape index (κ2) is 14.2. The van der Waals surface area contributed by atoms with E-state index in [0.29, 0.717) is 5.92 Å². The van der Waals surface area contributed by atoms with Crippen LogP contribution in [0.4, 0.5) is 0 Å². The van der Waals surface area contributed by atoms with E-state index >= 15 is 0 Å². The molecule has 0 unspecified atom stereocenters. The van der Waals surface area contributed by atoms with Gasteiger partial charge in [-0.3, -0.25) is 10.5 Å². The minimum atomic E-state index is -1.79. The molecular weight excluding hydrogens is 308 g/mol. The first kappa shape index (κ1) is 23.9. The van der Waals surface area contributed by atoms with Gasteiger partial charge in [0.2, 0.25) is 0 Å². The highest BCUT2D eigenvalue weighted by Gasteiger charge is 2.29. The van der Waals surface area contributed by atoms with Gasteiger partial charge in [-0.1, -0.05) is 44.2 Å². The number of hydrogen-bond acceptors (Lipinski definition) is 8. The second-order valence-electron chi connectivity index (χ2n) is 4.92. The van der Waals surface area contributed by atoms with E-state index in [-0.39, 0.29) is 6.29 Å². The maximum atomic E-state index is 9.90. The van der Waals surface area contributed by atoms with E-state index in [9.17, 15) is 4.79 Å². The predicted octanol–water partition coefficient (Wildman–Crippen LogP) is -0.551. The lowest BCUT2D eigenvalue weighted by Crippen LogP contribution is -2.46. The lowest BCUT2D eigenvalue weighted by molar-refractivity contribution is -0.176. The number of aliphatic hydroxyl groups excluding tert-OH is 5. The Bertz CT molecular complexity index is 384. The molecule has 7 N–H and O–H groups in total. The molecule has 23 heavy (non-hydrogen) atoms. The first-order chi connectivity index (χ1) is 10.8. The van der Waals surface area contributed by atoms with Gasteiger partial charge in [0, 0.05) is 0 Å². The van der Waals surface area contributed by atoms with Gasteiger partial charge in [0.1, 0.15) is 24.4 Å². The third-order valence-corrected chi connectivity index (χ3v) is 2.89. The molecule has 0 radical (unpaired) electrons. The van der Waals surface area contributed by atoms with E-state index in [2.05, 4.69) is 38.1 Å². The number of hydrogen-bond donors (Lipinski definition) is 7. The third-order valence-electron chi connectivity index (χ3n) is 2.89. The van der Waals surface area contributed by atoms with Crippen LogP contribution in [0.2, 0.25) is 0 Å². The summed E-state index contributed by atoms with van der Waals surface area (Å²) in [5.41, 5.74) is 1.41. The predicted molar refractivity (Wildman–Crippen MR) is 83.0 cm³/mol. The highest BCUT2D eigenvalue weighted by molar-refractivity contribution is 5.56. The Morgan fingerprint density at radius 1 is 0.957 bits per heavy atom. The number of benzene rings is 1. The fourth-order valence-electron chi connectivity index (χ4n) is 1.46. The number of aldehydes is 1. The van der Waals surface area contributed by atoms with Crippen molar-refractivity contribution in [3.05, 3.63) is 35.9 Å². The molecule has 0 amide bonds. The summed E-state index contributed by atoms with van der Waals surface area (Å²) >= 11 is 0. The summed E-state index contributed by atoms with van der Waals surface area (Å²) in [6.07, 6.45) is -6.84. The van der Waals surface area contributed by atoms with Crippen LogP contribution in [0.3, 0.4) is 0 Å². The molecule has 4 atom stereocenters. The van der Waals surface area contributed by atoms with E-state index in [1.165, 1.54) is 5.56 Å². The highest BCUT2D eigenvalue weighted by atomic mass is 17.0. The summed E-state index contributed by atoms with van der Waals surface area (Å²) < 4.78 is 0. The average Bonchev–Trinajstić information content (AvgIpc) is 2.61. The van der Waals surface area contributed by atoms with Crippen molar-refractivity contribution in [2.75, 3.05) is 6.61 Å². The molecule has 0 aliphatic rings. The van der Waals surface area contributed by atoms with Gasteiger partial charge >= 0.3 is 0 Å². The van der Waals surface area contributed by atoms with Crippen LogP contribution in [-0.2, 0) is 4.79 Å². The lowest BCUT2D eigenvalue weighted by Gasteiger charge is -2.22. The standard InChI is InChI=1S/C9H12.C6H12O6.H2O2/c1-8(2)9-6-4-3-5-7-9;7-1-3(9)5(11)6(12)4(10)2-8;1-2/h3-8H,1-2H3;1,3-6,8-12H,2H2;1-2H/t;3-,4+,5+,6+;/m.0./s1. The Kier molecular flexibility index (Phi) is 14.8. The molecule has 0 aliphatic heterocycles. The number of carbonyl (C=O) groups is 1. The van der Waals surface area contributed by atoms with Gasteiger partial charge in [-0.2, -0.15) is 0 Å². The van der Waals surface area contributed by atoms with Crippen LogP contribution >= 0.6 is 0 Å². The van der Waals surface area contributed by atoms with Crippen LogP contribution in [0.15, 0.2) is 30.3 Å². The molecular formula is C15H26O8. The fraction of sp³-hybridized carbons (Fsp3) is 0.533. The largest absolute Gasteiger partial charge is 0.394 e.